The highest BCUT2D eigenvalue weighted by molar-refractivity contribution is 5.95. The van der Waals surface area contributed by atoms with E-state index in [1.54, 1.807) is 31.2 Å². The number of carbonyl (C=O) groups excluding carboxylic acids is 1. The third kappa shape index (κ3) is 2.11. The zero-order valence-electron chi connectivity index (χ0n) is 8.97. The Balaban J connectivity index is 2.48. The lowest BCUT2D eigenvalue weighted by Gasteiger charge is -2.03. The minimum Gasteiger partial charge on any atom is -0.508 e. The van der Waals surface area contributed by atoms with Gasteiger partial charge < -0.3 is 5.11 Å². The molecule has 2 nitrogen and oxygen atoms in total. The van der Waals surface area contributed by atoms with Crippen molar-refractivity contribution in [3.63, 3.8) is 0 Å². The quantitative estimate of drug-likeness (QED) is 0.776. The molecule has 0 fully saturated rings. The van der Waals surface area contributed by atoms with Gasteiger partial charge in [0.2, 0.25) is 0 Å². The van der Waals surface area contributed by atoms with Crippen molar-refractivity contribution < 1.29 is 9.90 Å². The van der Waals surface area contributed by atoms with Gasteiger partial charge in [-0.1, -0.05) is 30.3 Å². The van der Waals surface area contributed by atoms with Gasteiger partial charge in [0.1, 0.15) is 5.75 Å². The van der Waals surface area contributed by atoms with Crippen molar-refractivity contribution in [3.05, 3.63) is 54.1 Å². The number of carbonyl (C=O) groups is 1. The average molecular weight is 212 g/mol. The molecule has 0 atom stereocenters. The van der Waals surface area contributed by atoms with Crippen LogP contribution in [0.1, 0.15) is 17.3 Å². The van der Waals surface area contributed by atoms with Crippen LogP contribution in [0.25, 0.3) is 11.1 Å². The van der Waals surface area contributed by atoms with Crippen LogP contribution in [-0.2, 0) is 0 Å². The fourth-order valence-electron chi connectivity index (χ4n) is 1.60. The lowest BCUT2D eigenvalue weighted by molar-refractivity contribution is 0.101. The predicted molar refractivity (Wildman–Crippen MR) is 63.5 cm³/mol. The van der Waals surface area contributed by atoms with Crippen molar-refractivity contribution in [1.29, 1.82) is 0 Å². The Morgan fingerprint density at radius 3 is 2.25 bits per heavy atom. The van der Waals surface area contributed by atoms with Gasteiger partial charge in [-0.2, -0.15) is 0 Å². The first kappa shape index (κ1) is 10.4. The number of hydrogen-bond acceptors (Lipinski definition) is 2. The lowest BCUT2D eigenvalue weighted by atomic mass is 10.0. The molecule has 80 valence electrons. The van der Waals surface area contributed by atoms with Crippen LogP contribution in [0, 0.1) is 0 Å². The topological polar surface area (TPSA) is 37.3 Å². The Bertz CT molecular complexity index is 530. The summed E-state index contributed by atoms with van der Waals surface area (Å²) in [5.41, 5.74) is 2.52. The number of aromatic hydroxyl groups is 1. The van der Waals surface area contributed by atoms with Crippen LogP contribution in [0.3, 0.4) is 0 Å². The smallest absolute Gasteiger partial charge is 0.159 e. The summed E-state index contributed by atoms with van der Waals surface area (Å²) in [6.45, 7) is 1.54. The molecule has 2 aromatic carbocycles. The molecular formula is C14H12O2. The Hall–Kier alpha value is -2.09. The standard InChI is InChI=1S/C14H12O2/c1-10(15)11-4-2-5-12(8-11)13-6-3-7-14(16)9-13/h2-9,16H,1H3. The Morgan fingerprint density at radius 1 is 1.00 bits per heavy atom. The van der Waals surface area contributed by atoms with Crippen LogP contribution in [-0.4, -0.2) is 10.9 Å². The van der Waals surface area contributed by atoms with E-state index in [1.165, 1.54) is 0 Å². The molecule has 0 heterocycles. The molecule has 2 aromatic rings. The molecule has 16 heavy (non-hydrogen) atoms. The van der Waals surface area contributed by atoms with Gasteiger partial charge in [-0.05, 0) is 36.2 Å². The summed E-state index contributed by atoms with van der Waals surface area (Å²) in [6.07, 6.45) is 0. The number of rotatable bonds is 2. The van der Waals surface area contributed by atoms with E-state index in [1.807, 2.05) is 24.3 Å². The van der Waals surface area contributed by atoms with E-state index in [-0.39, 0.29) is 11.5 Å². The molecule has 0 saturated heterocycles. The second kappa shape index (κ2) is 4.19. The second-order valence-electron chi connectivity index (χ2n) is 3.69. The Kier molecular flexibility index (Phi) is 2.73. The lowest BCUT2D eigenvalue weighted by Crippen LogP contribution is -1.91. The van der Waals surface area contributed by atoms with Crippen LogP contribution in [0.2, 0.25) is 0 Å². The summed E-state index contributed by atoms with van der Waals surface area (Å²) in [5.74, 6) is 0.271. The van der Waals surface area contributed by atoms with Crippen molar-refractivity contribution in [2.75, 3.05) is 0 Å². The van der Waals surface area contributed by atoms with Gasteiger partial charge in [0, 0.05) is 5.56 Å². The maximum atomic E-state index is 11.2. The van der Waals surface area contributed by atoms with Gasteiger partial charge >= 0.3 is 0 Å². The van der Waals surface area contributed by atoms with Crippen molar-refractivity contribution >= 4 is 5.78 Å². The first-order valence-electron chi connectivity index (χ1n) is 5.07. The van der Waals surface area contributed by atoms with Crippen LogP contribution in [0.15, 0.2) is 48.5 Å². The molecule has 0 spiro atoms. The molecule has 0 aliphatic carbocycles. The summed E-state index contributed by atoms with van der Waals surface area (Å²) in [6, 6.07) is 14.4. The zero-order valence-corrected chi connectivity index (χ0v) is 8.97. The average Bonchev–Trinajstić information content (AvgIpc) is 2.29. The predicted octanol–water partition coefficient (Wildman–Crippen LogP) is 3.26. The number of phenolic OH excluding ortho intramolecular Hbond substituents is 1. The highest BCUT2D eigenvalue weighted by Gasteiger charge is 2.02. The molecule has 0 bridgehead atoms. The van der Waals surface area contributed by atoms with Crippen LogP contribution >= 0.6 is 0 Å². The summed E-state index contributed by atoms with van der Waals surface area (Å²) in [4.78, 5) is 11.2. The molecule has 0 aromatic heterocycles. The number of hydrogen-bond donors (Lipinski definition) is 1. The SMILES string of the molecule is CC(=O)c1cccc(-c2cccc(O)c2)c1. The number of benzene rings is 2. The third-order valence-corrected chi connectivity index (χ3v) is 2.45. The molecule has 0 amide bonds. The van der Waals surface area contributed by atoms with Gasteiger partial charge in [0.25, 0.3) is 0 Å². The molecule has 2 heteroatoms. The van der Waals surface area contributed by atoms with Gasteiger partial charge in [0.15, 0.2) is 5.78 Å². The number of phenols is 1. The van der Waals surface area contributed by atoms with Crippen LogP contribution in [0.5, 0.6) is 5.75 Å². The van der Waals surface area contributed by atoms with Crippen molar-refractivity contribution in [2.45, 2.75) is 6.92 Å². The van der Waals surface area contributed by atoms with Crippen molar-refractivity contribution in [3.8, 4) is 16.9 Å². The second-order valence-corrected chi connectivity index (χ2v) is 3.69. The van der Waals surface area contributed by atoms with Gasteiger partial charge in [-0.25, -0.2) is 0 Å². The number of ketones is 1. The van der Waals surface area contributed by atoms with E-state index < -0.39 is 0 Å². The fourth-order valence-corrected chi connectivity index (χ4v) is 1.60. The first-order valence-corrected chi connectivity index (χ1v) is 5.07. The zero-order chi connectivity index (χ0) is 11.5. The van der Waals surface area contributed by atoms with Gasteiger partial charge in [-0.3, -0.25) is 4.79 Å². The van der Waals surface area contributed by atoms with E-state index in [4.69, 9.17) is 0 Å². The van der Waals surface area contributed by atoms with Crippen molar-refractivity contribution in [2.24, 2.45) is 0 Å². The summed E-state index contributed by atoms with van der Waals surface area (Å²) in [7, 11) is 0. The maximum absolute atomic E-state index is 11.2. The molecule has 0 aliphatic rings. The monoisotopic (exact) mass is 212 g/mol. The number of Topliss-reactive ketones (excluding diaryl/α,β-unsaturated/α-hetero) is 1. The van der Waals surface area contributed by atoms with E-state index in [2.05, 4.69) is 0 Å². The minimum absolute atomic E-state index is 0.0435. The summed E-state index contributed by atoms with van der Waals surface area (Å²) >= 11 is 0. The molecule has 0 unspecified atom stereocenters. The molecule has 0 radical (unpaired) electrons. The fraction of sp³-hybridized carbons (Fsp3) is 0.0714. The highest BCUT2D eigenvalue weighted by Crippen LogP contribution is 2.23. The van der Waals surface area contributed by atoms with Gasteiger partial charge in [0.05, 0.1) is 0 Å². The highest BCUT2D eigenvalue weighted by atomic mass is 16.3. The first-order chi connectivity index (χ1) is 7.66. The molecule has 1 N–H and O–H groups in total. The Morgan fingerprint density at radius 2 is 1.62 bits per heavy atom. The van der Waals surface area contributed by atoms with Crippen molar-refractivity contribution in [1.82, 2.24) is 0 Å². The van der Waals surface area contributed by atoms with E-state index in [0.717, 1.165) is 11.1 Å². The normalized spacial score (nSPS) is 10.1. The van der Waals surface area contributed by atoms with E-state index in [9.17, 15) is 9.90 Å². The largest absolute Gasteiger partial charge is 0.508 e. The minimum atomic E-state index is 0.0435. The van der Waals surface area contributed by atoms with Crippen LogP contribution < -0.4 is 0 Å². The maximum Gasteiger partial charge on any atom is 0.159 e. The van der Waals surface area contributed by atoms with Crippen LogP contribution in [0.4, 0.5) is 0 Å². The Labute approximate surface area is 94.2 Å². The molecule has 2 rings (SSSR count). The molecule has 0 aliphatic heterocycles. The molecule has 0 saturated carbocycles. The molecular weight excluding hydrogens is 200 g/mol. The summed E-state index contributed by atoms with van der Waals surface area (Å²) < 4.78 is 0. The van der Waals surface area contributed by atoms with E-state index >= 15 is 0 Å². The van der Waals surface area contributed by atoms with Gasteiger partial charge in [-0.15, -0.1) is 0 Å². The van der Waals surface area contributed by atoms with E-state index in [0.29, 0.717) is 5.56 Å². The third-order valence-electron chi connectivity index (χ3n) is 2.45. The summed E-state index contributed by atoms with van der Waals surface area (Å²) in [5, 5.41) is 9.39.